The second-order valence-electron chi connectivity index (χ2n) is 7.92. The Morgan fingerprint density at radius 2 is 2.03 bits per heavy atom. The highest BCUT2D eigenvalue weighted by molar-refractivity contribution is 7.18. The number of thiazole rings is 1. The molecule has 1 aliphatic rings. The molecule has 31 heavy (non-hydrogen) atoms. The van der Waals surface area contributed by atoms with Gasteiger partial charge in [-0.05, 0) is 18.6 Å². The summed E-state index contributed by atoms with van der Waals surface area (Å²) in [5, 5.41) is 12.5. The van der Waals surface area contributed by atoms with E-state index in [9.17, 15) is 9.59 Å². The molecule has 1 aliphatic heterocycles. The van der Waals surface area contributed by atoms with Gasteiger partial charge in [0.05, 0.1) is 21.8 Å². The number of hydrogen-bond acceptors (Lipinski definition) is 6. The van der Waals surface area contributed by atoms with Gasteiger partial charge in [0.25, 0.3) is 0 Å². The maximum absolute atomic E-state index is 12.8. The highest BCUT2D eigenvalue weighted by Crippen LogP contribution is 2.22. The molecule has 0 radical (unpaired) electrons. The summed E-state index contributed by atoms with van der Waals surface area (Å²) in [5.74, 6) is 1.77. The highest BCUT2D eigenvalue weighted by Gasteiger charge is 2.22. The first-order valence-electron chi connectivity index (χ1n) is 10.9. The summed E-state index contributed by atoms with van der Waals surface area (Å²) in [7, 11) is 0. The van der Waals surface area contributed by atoms with Gasteiger partial charge >= 0.3 is 0 Å². The Hall–Kier alpha value is -2.81. The van der Waals surface area contributed by atoms with E-state index in [-0.39, 0.29) is 17.7 Å². The molecule has 3 heterocycles. The fourth-order valence-electron chi connectivity index (χ4n) is 3.69. The second kappa shape index (κ2) is 9.55. The standard InChI is InChI=1S/C22H28N6O2S/c1-3-15(2)22(30)23-14-19-26-25-18-10-11-27(12-13-28(18)19)21(29)9-8-20-24-16-6-4-5-7-17(16)31-20/h4-7,15H,3,8-14H2,1-2H3,(H,23,30). The zero-order valence-corrected chi connectivity index (χ0v) is 18.8. The van der Waals surface area contributed by atoms with Crippen LogP contribution in [0.1, 0.15) is 43.3 Å². The van der Waals surface area contributed by atoms with E-state index in [0.29, 0.717) is 45.4 Å². The minimum absolute atomic E-state index is 0.0185. The SMILES string of the molecule is CCC(C)C(=O)NCc1nnc2n1CCN(C(=O)CCc1nc3ccccc3s1)CC2. The number of nitrogens with one attached hydrogen (secondary N) is 1. The average molecular weight is 441 g/mol. The van der Waals surface area contributed by atoms with Crippen molar-refractivity contribution in [3.05, 3.63) is 40.9 Å². The van der Waals surface area contributed by atoms with Crippen molar-refractivity contribution < 1.29 is 9.59 Å². The maximum Gasteiger partial charge on any atom is 0.223 e. The quantitative estimate of drug-likeness (QED) is 0.610. The topological polar surface area (TPSA) is 93.0 Å². The van der Waals surface area contributed by atoms with Crippen LogP contribution in [0.25, 0.3) is 10.2 Å². The van der Waals surface area contributed by atoms with Gasteiger partial charge in [-0.1, -0.05) is 26.0 Å². The van der Waals surface area contributed by atoms with Crippen molar-refractivity contribution in [1.29, 1.82) is 0 Å². The zero-order chi connectivity index (χ0) is 21.8. The Kier molecular flexibility index (Phi) is 6.60. The van der Waals surface area contributed by atoms with Crippen LogP contribution in [0.4, 0.5) is 0 Å². The number of amides is 2. The van der Waals surface area contributed by atoms with E-state index in [1.54, 1.807) is 11.3 Å². The summed E-state index contributed by atoms with van der Waals surface area (Å²) in [6, 6.07) is 8.06. The molecular formula is C22H28N6O2S. The molecule has 1 unspecified atom stereocenters. The van der Waals surface area contributed by atoms with E-state index in [1.807, 2.05) is 41.5 Å². The van der Waals surface area contributed by atoms with E-state index >= 15 is 0 Å². The summed E-state index contributed by atoms with van der Waals surface area (Å²) >= 11 is 1.66. The van der Waals surface area contributed by atoms with Crippen molar-refractivity contribution in [3.8, 4) is 0 Å². The van der Waals surface area contributed by atoms with Gasteiger partial charge in [0.15, 0.2) is 5.82 Å². The summed E-state index contributed by atoms with van der Waals surface area (Å²) in [4.78, 5) is 31.4. The number of nitrogens with zero attached hydrogens (tertiary/aromatic N) is 5. The van der Waals surface area contributed by atoms with Gasteiger partial charge in [0.2, 0.25) is 11.8 Å². The molecule has 1 atom stereocenters. The number of carbonyl (C=O) groups excluding carboxylic acids is 2. The molecule has 3 aromatic rings. The Morgan fingerprint density at radius 1 is 1.19 bits per heavy atom. The van der Waals surface area contributed by atoms with Crippen LogP contribution < -0.4 is 5.32 Å². The molecule has 8 nitrogen and oxygen atoms in total. The predicted octanol–water partition coefficient (Wildman–Crippen LogP) is 2.57. The number of carbonyl (C=O) groups is 2. The number of rotatable bonds is 7. The minimum atomic E-state index is -0.0185. The number of aromatic nitrogens is 4. The van der Waals surface area contributed by atoms with Crippen LogP contribution in [0, 0.1) is 5.92 Å². The summed E-state index contributed by atoms with van der Waals surface area (Å²) in [5.41, 5.74) is 0.996. The first kappa shape index (κ1) is 21.4. The van der Waals surface area contributed by atoms with E-state index in [0.717, 1.165) is 33.3 Å². The van der Waals surface area contributed by atoms with Crippen molar-refractivity contribution in [2.24, 2.45) is 5.92 Å². The number of para-hydroxylation sites is 1. The predicted molar refractivity (Wildman–Crippen MR) is 120 cm³/mol. The first-order valence-corrected chi connectivity index (χ1v) is 11.7. The molecule has 9 heteroatoms. The molecule has 0 saturated heterocycles. The Labute approximate surface area is 185 Å². The lowest BCUT2D eigenvalue weighted by Gasteiger charge is -2.20. The number of aryl methyl sites for hydroxylation is 1. The fraction of sp³-hybridized carbons (Fsp3) is 0.500. The number of fused-ring (bicyclic) bond motifs is 2. The van der Waals surface area contributed by atoms with Gasteiger partial charge in [0, 0.05) is 44.8 Å². The van der Waals surface area contributed by atoms with Crippen LogP contribution >= 0.6 is 11.3 Å². The molecule has 1 N–H and O–H groups in total. The first-order chi connectivity index (χ1) is 15.0. The third kappa shape index (κ3) is 4.92. The van der Waals surface area contributed by atoms with Gasteiger partial charge in [0.1, 0.15) is 5.82 Å². The monoisotopic (exact) mass is 440 g/mol. The molecule has 0 saturated carbocycles. The van der Waals surface area contributed by atoms with E-state index in [4.69, 9.17) is 0 Å². The van der Waals surface area contributed by atoms with Crippen LogP contribution in [0.2, 0.25) is 0 Å². The van der Waals surface area contributed by atoms with Gasteiger partial charge in [-0.2, -0.15) is 0 Å². The van der Waals surface area contributed by atoms with Crippen LogP contribution in [0.15, 0.2) is 24.3 Å². The zero-order valence-electron chi connectivity index (χ0n) is 18.0. The van der Waals surface area contributed by atoms with Gasteiger partial charge in [-0.15, -0.1) is 21.5 Å². The third-order valence-electron chi connectivity index (χ3n) is 5.83. The van der Waals surface area contributed by atoms with Gasteiger partial charge < -0.3 is 14.8 Å². The average Bonchev–Trinajstić information content (AvgIpc) is 3.32. The Balaban J connectivity index is 1.32. The highest BCUT2D eigenvalue weighted by atomic mass is 32.1. The van der Waals surface area contributed by atoms with E-state index in [1.165, 1.54) is 0 Å². The molecule has 0 spiro atoms. The summed E-state index contributed by atoms with van der Waals surface area (Å²) in [6.07, 6.45) is 2.59. The Bertz CT molecular complexity index is 1040. The van der Waals surface area contributed by atoms with E-state index in [2.05, 4.69) is 26.6 Å². The van der Waals surface area contributed by atoms with Crippen LogP contribution in [0.3, 0.4) is 0 Å². The molecule has 0 aliphatic carbocycles. The lowest BCUT2D eigenvalue weighted by Crippen LogP contribution is -2.34. The van der Waals surface area contributed by atoms with Gasteiger partial charge in [-0.3, -0.25) is 9.59 Å². The van der Waals surface area contributed by atoms with Crippen LogP contribution in [-0.4, -0.2) is 49.6 Å². The fourth-order valence-corrected chi connectivity index (χ4v) is 4.65. The summed E-state index contributed by atoms with van der Waals surface area (Å²) < 4.78 is 3.20. The molecule has 0 fully saturated rings. The van der Waals surface area contributed by atoms with E-state index < -0.39 is 0 Å². The molecule has 2 amide bonds. The van der Waals surface area contributed by atoms with Crippen LogP contribution in [-0.2, 0) is 35.5 Å². The van der Waals surface area contributed by atoms with Crippen molar-refractivity contribution in [2.75, 3.05) is 13.1 Å². The minimum Gasteiger partial charge on any atom is -0.349 e. The van der Waals surface area contributed by atoms with Gasteiger partial charge in [-0.25, -0.2) is 4.98 Å². The largest absolute Gasteiger partial charge is 0.349 e. The molecule has 0 bridgehead atoms. The van der Waals surface area contributed by atoms with Crippen molar-refractivity contribution >= 4 is 33.4 Å². The molecule has 164 valence electrons. The van der Waals surface area contributed by atoms with Crippen molar-refractivity contribution in [3.63, 3.8) is 0 Å². The molecular weight excluding hydrogens is 412 g/mol. The molecule has 4 rings (SSSR count). The smallest absolute Gasteiger partial charge is 0.223 e. The third-order valence-corrected chi connectivity index (χ3v) is 6.92. The number of benzene rings is 1. The van der Waals surface area contributed by atoms with Crippen molar-refractivity contribution in [2.45, 2.75) is 52.6 Å². The summed E-state index contributed by atoms with van der Waals surface area (Å²) in [6.45, 7) is 6.17. The lowest BCUT2D eigenvalue weighted by atomic mass is 10.1. The lowest BCUT2D eigenvalue weighted by molar-refractivity contribution is -0.131. The Morgan fingerprint density at radius 3 is 2.84 bits per heavy atom. The van der Waals surface area contributed by atoms with Crippen molar-refractivity contribution in [1.82, 2.24) is 30.0 Å². The number of hydrogen-bond donors (Lipinski definition) is 1. The normalized spacial score (nSPS) is 14.8. The molecule has 1 aromatic carbocycles. The van der Waals surface area contributed by atoms with Crippen LogP contribution in [0.5, 0.6) is 0 Å². The molecule has 2 aromatic heterocycles. The maximum atomic E-state index is 12.8. The second-order valence-corrected chi connectivity index (χ2v) is 9.03.